The molecule has 1 atom stereocenters. The van der Waals surface area contributed by atoms with Crippen molar-refractivity contribution in [2.75, 3.05) is 19.6 Å². The van der Waals surface area contributed by atoms with E-state index in [0.29, 0.717) is 11.7 Å². The molecule has 84 valence electrons. The molecule has 16 heavy (non-hydrogen) atoms. The number of carbonyl (C=O) groups excluding carboxylic acids is 1. The molecule has 2 aliphatic rings. The van der Waals surface area contributed by atoms with Crippen LogP contribution in [0.3, 0.4) is 0 Å². The highest BCUT2D eigenvalue weighted by Gasteiger charge is 2.28. The van der Waals surface area contributed by atoms with Crippen molar-refractivity contribution in [1.29, 1.82) is 0 Å². The minimum absolute atomic E-state index is 0.435. The number of hydrogen-bond donors (Lipinski definition) is 0. The zero-order valence-electron chi connectivity index (χ0n) is 9.48. The van der Waals surface area contributed by atoms with Gasteiger partial charge < -0.3 is 4.90 Å². The van der Waals surface area contributed by atoms with Crippen LogP contribution < -0.4 is 0 Å². The van der Waals surface area contributed by atoms with E-state index in [0.717, 1.165) is 32.5 Å². The highest BCUT2D eigenvalue weighted by molar-refractivity contribution is 5.79. The summed E-state index contributed by atoms with van der Waals surface area (Å²) < 4.78 is 0. The lowest BCUT2D eigenvalue weighted by atomic mass is 9.77. The van der Waals surface area contributed by atoms with Gasteiger partial charge in [0.2, 0.25) is 0 Å². The molecule has 1 unspecified atom stereocenters. The Morgan fingerprint density at radius 3 is 2.69 bits per heavy atom. The molecule has 0 radical (unpaired) electrons. The first-order valence-corrected chi connectivity index (χ1v) is 6.15. The quantitative estimate of drug-likeness (QED) is 0.752. The maximum Gasteiger partial charge on any atom is 0.135 e. The van der Waals surface area contributed by atoms with Gasteiger partial charge in [-0.05, 0) is 17.5 Å². The lowest BCUT2D eigenvalue weighted by Gasteiger charge is -2.36. The molecule has 2 heteroatoms. The van der Waals surface area contributed by atoms with Crippen LogP contribution in [0.2, 0.25) is 0 Å². The molecule has 2 nitrogen and oxygen atoms in total. The van der Waals surface area contributed by atoms with Gasteiger partial charge in [0.15, 0.2) is 0 Å². The van der Waals surface area contributed by atoms with Crippen molar-refractivity contribution in [3.8, 4) is 0 Å². The second-order valence-electron chi connectivity index (χ2n) is 4.94. The molecule has 1 aromatic rings. The number of nitrogens with zero attached hydrogens (tertiary/aromatic N) is 1. The van der Waals surface area contributed by atoms with Crippen molar-refractivity contribution in [3.63, 3.8) is 0 Å². The zero-order chi connectivity index (χ0) is 11.0. The summed E-state index contributed by atoms with van der Waals surface area (Å²) in [5, 5.41) is 0. The molecule has 1 aliphatic carbocycles. The highest BCUT2D eigenvalue weighted by Crippen LogP contribution is 2.35. The molecular weight excluding hydrogens is 198 g/mol. The van der Waals surface area contributed by atoms with Gasteiger partial charge in [-0.2, -0.15) is 0 Å². The van der Waals surface area contributed by atoms with Crippen LogP contribution in [-0.2, 0) is 11.2 Å². The van der Waals surface area contributed by atoms with Crippen molar-refractivity contribution in [2.24, 2.45) is 0 Å². The Labute approximate surface area is 96.3 Å². The van der Waals surface area contributed by atoms with Crippen molar-refractivity contribution in [1.82, 2.24) is 4.90 Å². The van der Waals surface area contributed by atoms with Gasteiger partial charge in [0, 0.05) is 38.4 Å². The fourth-order valence-electron chi connectivity index (χ4n) is 2.82. The molecule has 1 heterocycles. The van der Waals surface area contributed by atoms with Crippen LogP contribution >= 0.6 is 0 Å². The Bertz CT molecular complexity index is 403. The van der Waals surface area contributed by atoms with Crippen LogP contribution in [0.25, 0.3) is 0 Å². The predicted octanol–water partition coefficient (Wildman–Crippen LogP) is 1.99. The Hall–Kier alpha value is -1.15. The zero-order valence-corrected chi connectivity index (χ0v) is 9.48. The van der Waals surface area contributed by atoms with Crippen molar-refractivity contribution >= 4 is 5.78 Å². The van der Waals surface area contributed by atoms with E-state index < -0.39 is 0 Å². The normalized spacial score (nSPS) is 25.0. The van der Waals surface area contributed by atoms with E-state index in [2.05, 4.69) is 29.2 Å². The maximum atomic E-state index is 11.1. The molecule has 0 aromatic heterocycles. The van der Waals surface area contributed by atoms with Crippen LogP contribution in [0, 0.1) is 0 Å². The fourth-order valence-corrected chi connectivity index (χ4v) is 2.82. The molecule has 1 aromatic carbocycles. The van der Waals surface area contributed by atoms with Gasteiger partial charge in [0.1, 0.15) is 5.78 Å². The second-order valence-corrected chi connectivity index (χ2v) is 4.94. The van der Waals surface area contributed by atoms with Crippen LogP contribution in [0.5, 0.6) is 0 Å². The first-order valence-electron chi connectivity index (χ1n) is 6.15. The molecule has 0 bridgehead atoms. The number of carbonyl (C=O) groups is 1. The third-order valence-electron chi connectivity index (χ3n) is 3.85. The first-order chi connectivity index (χ1) is 7.83. The van der Waals surface area contributed by atoms with Gasteiger partial charge in [0.25, 0.3) is 0 Å². The van der Waals surface area contributed by atoms with Gasteiger partial charge in [-0.15, -0.1) is 0 Å². The van der Waals surface area contributed by atoms with Crippen molar-refractivity contribution < 1.29 is 4.79 Å². The molecule has 3 rings (SSSR count). The minimum Gasteiger partial charge on any atom is -0.302 e. The number of hydrogen-bond acceptors (Lipinski definition) is 2. The number of fused-ring (bicyclic) bond motifs is 1. The third kappa shape index (κ3) is 1.78. The van der Waals surface area contributed by atoms with Crippen LogP contribution in [0.4, 0.5) is 0 Å². The van der Waals surface area contributed by atoms with Crippen molar-refractivity contribution in [3.05, 3.63) is 35.4 Å². The average Bonchev–Trinajstić information content (AvgIpc) is 2.28. The van der Waals surface area contributed by atoms with Gasteiger partial charge in [-0.25, -0.2) is 0 Å². The molecule has 1 fully saturated rings. The number of benzene rings is 1. The predicted molar refractivity (Wildman–Crippen MR) is 63.6 cm³/mol. The highest BCUT2D eigenvalue weighted by atomic mass is 16.1. The van der Waals surface area contributed by atoms with E-state index in [4.69, 9.17) is 0 Å². The van der Waals surface area contributed by atoms with E-state index >= 15 is 0 Å². The Morgan fingerprint density at radius 2 is 1.94 bits per heavy atom. The number of Topliss-reactive ketones (excluding diaryl/α,β-unsaturated/α-hetero) is 1. The molecule has 0 saturated carbocycles. The summed E-state index contributed by atoms with van der Waals surface area (Å²) in [4.78, 5) is 13.6. The van der Waals surface area contributed by atoms with E-state index in [1.165, 1.54) is 17.5 Å². The Kier molecular flexibility index (Phi) is 2.52. The topological polar surface area (TPSA) is 20.3 Å². The summed E-state index contributed by atoms with van der Waals surface area (Å²) >= 11 is 0. The third-order valence-corrected chi connectivity index (χ3v) is 3.85. The number of rotatable bonds is 2. The number of piperidine rings is 1. The van der Waals surface area contributed by atoms with Gasteiger partial charge in [-0.3, -0.25) is 4.79 Å². The van der Waals surface area contributed by atoms with Gasteiger partial charge in [-0.1, -0.05) is 24.3 Å². The SMILES string of the molecule is O=C1CCN(CC2Cc3ccccc32)CC1. The summed E-state index contributed by atoms with van der Waals surface area (Å²) in [7, 11) is 0. The summed E-state index contributed by atoms with van der Waals surface area (Å²) in [6.07, 6.45) is 2.74. The van der Waals surface area contributed by atoms with Gasteiger partial charge >= 0.3 is 0 Å². The summed E-state index contributed by atoms with van der Waals surface area (Å²) in [6.45, 7) is 3.08. The number of ketones is 1. The molecule has 1 saturated heterocycles. The monoisotopic (exact) mass is 215 g/mol. The molecule has 0 spiro atoms. The molecular formula is C14H17NO. The van der Waals surface area contributed by atoms with Crippen LogP contribution in [0.1, 0.15) is 29.9 Å². The minimum atomic E-state index is 0.435. The summed E-state index contributed by atoms with van der Waals surface area (Å²) in [5.74, 6) is 1.15. The summed E-state index contributed by atoms with van der Waals surface area (Å²) in [5.41, 5.74) is 3.04. The van der Waals surface area contributed by atoms with Crippen molar-refractivity contribution in [2.45, 2.75) is 25.2 Å². The lowest BCUT2D eigenvalue weighted by molar-refractivity contribution is -0.121. The van der Waals surface area contributed by atoms with Crippen LogP contribution in [0.15, 0.2) is 24.3 Å². The van der Waals surface area contributed by atoms with Crippen LogP contribution in [-0.4, -0.2) is 30.3 Å². The maximum absolute atomic E-state index is 11.1. The van der Waals surface area contributed by atoms with E-state index in [1.807, 2.05) is 0 Å². The smallest absolute Gasteiger partial charge is 0.135 e. The Morgan fingerprint density at radius 1 is 1.19 bits per heavy atom. The van der Waals surface area contributed by atoms with E-state index in [1.54, 1.807) is 0 Å². The summed E-state index contributed by atoms with van der Waals surface area (Å²) in [6, 6.07) is 8.73. The van der Waals surface area contributed by atoms with E-state index in [9.17, 15) is 4.79 Å². The average molecular weight is 215 g/mol. The van der Waals surface area contributed by atoms with E-state index in [-0.39, 0.29) is 0 Å². The second kappa shape index (κ2) is 4.02. The van der Waals surface area contributed by atoms with Gasteiger partial charge in [0.05, 0.1) is 0 Å². The molecule has 0 amide bonds. The lowest BCUT2D eigenvalue weighted by Crippen LogP contribution is -2.39. The number of likely N-dealkylation sites (tertiary alicyclic amines) is 1. The largest absolute Gasteiger partial charge is 0.302 e. The standard InChI is InChI=1S/C14H17NO/c16-13-5-7-15(8-6-13)10-12-9-11-3-1-2-4-14(11)12/h1-4,12H,5-10H2. The molecule has 0 N–H and O–H groups in total. The Balaban J connectivity index is 1.60. The first kappa shape index (κ1) is 10.0. The molecule has 1 aliphatic heterocycles. The fraction of sp³-hybridized carbons (Fsp3) is 0.500.